The van der Waals surface area contributed by atoms with E-state index >= 15 is 0 Å². The van der Waals surface area contributed by atoms with Gasteiger partial charge in [0, 0.05) is 15.7 Å². The van der Waals surface area contributed by atoms with Crippen LogP contribution >= 0.6 is 22.6 Å². The van der Waals surface area contributed by atoms with Crippen molar-refractivity contribution in [3.63, 3.8) is 0 Å². The molecule has 0 saturated carbocycles. The first-order valence-electron chi connectivity index (χ1n) is 5.50. The Hall–Kier alpha value is -0.690. The number of carbonyl (C=O) groups excluding carboxylic acids is 1. The molecular weight excluding hydrogens is 336 g/mol. The number of aliphatic hydroxyl groups is 1. The number of amides is 1. The SMILES string of the molecule is O=C(c1ccc(F)c(I)c1)N1CCC[C@@H]1CO. The van der Waals surface area contributed by atoms with Gasteiger partial charge < -0.3 is 10.0 Å². The van der Waals surface area contributed by atoms with Crippen molar-refractivity contribution in [2.75, 3.05) is 13.2 Å². The molecule has 1 fully saturated rings. The quantitative estimate of drug-likeness (QED) is 0.831. The average Bonchev–Trinajstić information content (AvgIpc) is 2.80. The van der Waals surface area contributed by atoms with Crippen molar-refractivity contribution in [1.82, 2.24) is 4.90 Å². The minimum absolute atomic E-state index is 0.00989. The van der Waals surface area contributed by atoms with Gasteiger partial charge in [0.25, 0.3) is 5.91 Å². The van der Waals surface area contributed by atoms with E-state index in [0.717, 1.165) is 12.8 Å². The number of carbonyl (C=O) groups is 1. The maximum absolute atomic E-state index is 13.1. The van der Waals surface area contributed by atoms with Crippen LogP contribution in [0.2, 0.25) is 0 Å². The van der Waals surface area contributed by atoms with Crippen LogP contribution in [-0.4, -0.2) is 35.1 Å². The largest absolute Gasteiger partial charge is 0.394 e. The van der Waals surface area contributed by atoms with E-state index in [1.807, 2.05) is 22.6 Å². The van der Waals surface area contributed by atoms with Crippen molar-refractivity contribution >= 4 is 28.5 Å². The fourth-order valence-electron chi connectivity index (χ4n) is 2.09. The fraction of sp³-hybridized carbons (Fsp3) is 0.417. The summed E-state index contributed by atoms with van der Waals surface area (Å²) in [4.78, 5) is 13.8. The van der Waals surface area contributed by atoms with E-state index in [2.05, 4.69) is 0 Å². The highest BCUT2D eigenvalue weighted by Crippen LogP contribution is 2.21. The summed E-state index contributed by atoms with van der Waals surface area (Å²) >= 11 is 1.87. The van der Waals surface area contributed by atoms with Crippen LogP contribution in [0.1, 0.15) is 23.2 Å². The Balaban J connectivity index is 2.21. The van der Waals surface area contributed by atoms with Gasteiger partial charge in [0.15, 0.2) is 0 Å². The molecule has 2 rings (SSSR count). The maximum atomic E-state index is 13.1. The molecule has 0 bridgehead atoms. The summed E-state index contributed by atoms with van der Waals surface area (Å²) in [7, 11) is 0. The van der Waals surface area contributed by atoms with Crippen LogP contribution in [0.4, 0.5) is 4.39 Å². The van der Waals surface area contributed by atoms with Gasteiger partial charge in [-0.05, 0) is 53.6 Å². The van der Waals surface area contributed by atoms with E-state index in [1.54, 1.807) is 11.0 Å². The lowest BCUT2D eigenvalue weighted by Gasteiger charge is -2.23. The Labute approximate surface area is 113 Å². The highest BCUT2D eigenvalue weighted by atomic mass is 127. The molecule has 0 unspecified atom stereocenters. The average molecular weight is 349 g/mol. The lowest BCUT2D eigenvalue weighted by Crippen LogP contribution is -2.37. The van der Waals surface area contributed by atoms with Crippen molar-refractivity contribution in [2.45, 2.75) is 18.9 Å². The Morgan fingerprint density at radius 1 is 1.59 bits per heavy atom. The molecule has 1 atom stereocenters. The third-order valence-electron chi connectivity index (χ3n) is 3.02. The van der Waals surface area contributed by atoms with Crippen molar-refractivity contribution in [2.24, 2.45) is 0 Å². The molecule has 1 heterocycles. The molecule has 1 amide bonds. The van der Waals surface area contributed by atoms with Crippen LogP contribution in [0.3, 0.4) is 0 Å². The first-order chi connectivity index (χ1) is 8.13. The molecule has 92 valence electrons. The van der Waals surface area contributed by atoms with Gasteiger partial charge in [-0.3, -0.25) is 4.79 Å². The number of nitrogens with zero attached hydrogens (tertiary/aromatic N) is 1. The predicted molar refractivity (Wildman–Crippen MR) is 70.3 cm³/mol. The topological polar surface area (TPSA) is 40.5 Å². The number of hydrogen-bond acceptors (Lipinski definition) is 2. The van der Waals surface area contributed by atoms with Crippen LogP contribution in [0.15, 0.2) is 18.2 Å². The van der Waals surface area contributed by atoms with E-state index in [0.29, 0.717) is 15.7 Å². The van der Waals surface area contributed by atoms with E-state index in [4.69, 9.17) is 0 Å². The summed E-state index contributed by atoms with van der Waals surface area (Å²) in [6, 6.07) is 4.25. The standard InChI is InChI=1S/C12H13FINO2/c13-10-4-3-8(6-11(10)14)12(17)15-5-1-2-9(15)7-16/h3-4,6,9,16H,1-2,5,7H2/t9-/m1/s1. The number of aliphatic hydroxyl groups excluding tert-OH is 1. The Morgan fingerprint density at radius 2 is 2.35 bits per heavy atom. The molecule has 0 spiro atoms. The molecule has 0 aliphatic carbocycles. The van der Waals surface area contributed by atoms with Gasteiger partial charge in [-0.15, -0.1) is 0 Å². The zero-order valence-electron chi connectivity index (χ0n) is 9.20. The first kappa shape index (κ1) is 12.8. The summed E-state index contributed by atoms with van der Waals surface area (Å²) in [5.41, 5.74) is 0.483. The normalized spacial score (nSPS) is 19.7. The zero-order valence-corrected chi connectivity index (χ0v) is 11.4. The lowest BCUT2D eigenvalue weighted by molar-refractivity contribution is 0.0677. The highest BCUT2D eigenvalue weighted by Gasteiger charge is 2.28. The van der Waals surface area contributed by atoms with E-state index < -0.39 is 0 Å². The number of likely N-dealkylation sites (tertiary alicyclic amines) is 1. The van der Waals surface area contributed by atoms with Gasteiger partial charge in [0.1, 0.15) is 5.82 Å². The Bertz CT molecular complexity index is 439. The minimum atomic E-state index is -0.317. The Morgan fingerprint density at radius 3 is 3.00 bits per heavy atom. The van der Waals surface area contributed by atoms with Gasteiger partial charge in [-0.25, -0.2) is 4.39 Å². The second-order valence-electron chi connectivity index (χ2n) is 4.11. The number of rotatable bonds is 2. The first-order valence-corrected chi connectivity index (χ1v) is 6.58. The molecule has 5 heteroatoms. The molecule has 3 nitrogen and oxygen atoms in total. The third kappa shape index (κ3) is 2.60. The highest BCUT2D eigenvalue weighted by molar-refractivity contribution is 14.1. The number of halogens is 2. The third-order valence-corrected chi connectivity index (χ3v) is 3.84. The van der Waals surface area contributed by atoms with E-state index in [1.165, 1.54) is 12.1 Å². The smallest absolute Gasteiger partial charge is 0.254 e. The molecule has 1 saturated heterocycles. The van der Waals surface area contributed by atoms with Crippen LogP contribution in [0, 0.1) is 9.39 Å². The summed E-state index contributed by atoms with van der Waals surface area (Å²) in [5.74, 6) is -0.443. The van der Waals surface area contributed by atoms with Crippen molar-refractivity contribution in [3.8, 4) is 0 Å². The molecule has 0 aromatic heterocycles. The summed E-state index contributed by atoms with van der Waals surface area (Å²) < 4.78 is 13.5. The van der Waals surface area contributed by atoms with Gasteiger partial charge in [-0.2, -0.15) is 0 Å². The predicted octanol–water partition coefficient (Wildman–Crippen LogP) is 2.03. The Kier molecular flexibility index (Phi) is 3.98. The lowest BCUT2D eigenvalue weighted by atomic mass is 10.1. The molecule has 1 aliphatic heterocycles. The second-order valence-corrected chi connectivity index (χ2v) is 5.27. The summed E-state index contributed by atoms with van der Waals surface area (Å²) in [5, 5.41) is 9.18. The van der Waals surface area contributed by atoms with E-state index in [-0.39, 0.29) is 24.4 Å². The van der Waals surface area contributed by atoms with E-state index in [9.17, 15) is 14.3 Å². The van der Waals surface area contributed by atoms with Crippen molar-refractivity contribution in [3.05, 3.63) is 33.1 Å². The van der Waals surface area contributed by atoms with Crippen LogP contribution in [-0.2, 0) is 0 Å². The van der Waals surface area contributed by atoms with Crippen LogP contribution < -0.4 is 0 Å². The number of benzene rings is 1. The van der Waals surface area contributed by atoms with Crippen LogP contribution in [0.5, 0.6) is 0 Å². The molecule has 1 aliphatic rings. The molecular formula is C12H13FINO2. The van der Waals surface area contributed by atoms with Gasteiger partial charge >= 0.3 is 0 Å². The molecule has 17 heavy (non-hydrogen) atoms. The molecule has 1 aromatic rings. The second kappa shape index (κ2) is 5.30. The van der Waals surface area contributed by atoms with Crippen molar-refractivity contribution in [1.29, 1.82) is 0 Å². The molecule has 1 N–H and O–H groups in total. The summed E-state index contributed by atoms with van der Waals surface area (Å²) in [6.45, 7) is 0.655. The van der Waals surface area contributed by atoms with Gasteiger partial charge in [0.2, 0.25) is 0 Å². The summed E-state index contributed by atoms with van der Waals surface area (Å²) in [6.07, 6.45) is 1.75. The zero-order chi connectivity index (χ0) is 12.4. The minimum Gasteiger partial charge on any atom is -0.394 e. The number of hydrogen-bond donors (Lipinski definition) is 1. The van der Waals surface area contributed by atoms with Gasteiger partial charge in [-0.1, -0.05) is 0 Å². The van der Waals surface area contributed by atoms with Crippen molar-refractivity contribution < 1.29 is 14.3 Å². The molecule has 0 radical (unpaired) electrons. The monoisotopic (exact) mass is 349 g/mol. The maximum Gasteiger partial charge on any atom is 0.254 e. The van der Waals surface area contributed by atoms with Crippen LogP contribution in [0.25, 0.3) is 0 Å². The van der Waals surface area contributed by atoms with Gasteiger partial charge in [0.05, 0.1) is 12.6 Å². The molecule has 1 aromatic carbocycles. The fourth-order valence-corrected chi connectivity index (χ4v) is 2.60.